The molecule has 1 unspecified atom stereocenters. The van der Waals surface area contributed by atoms with Crippen molar-refractivity contribution in [3.8, 4) is 0 Å². The zero-order valence-corrected chi connectivity index (χ0v) is 10.9. The molecule has 1 aliphatic rings. The van der Waals surface area contributed by atoms with Crippen LogP contribution >= 0.6 is 0 Å². The summed E-state index contributed by atoms with van der Waals surface area (Å²) in [7, 11) is 0. The quantitative estimate of drug-likeness (QED) is 0.664. The third-order valence-electron chi connectivity index (χ3n) is 3.04. The predicted molar refractivity (Wildman–Crippen MR) is 67.3 cm³/mol. The molecule has 0 saturated heterocycles. The summed E-state index contributed by atoms with van der Waals surface area (Å²) in [5.74, 6) is 1.71. The Labute approximate surface area is 99.4 Å². The van der Waals surface area contributed by atoms with Gasteiger partial charge in [-0.05, 0) is 31.6 Å². The van der Waals surface area contributed by atoms with Gasteiger partial charge < -0.3 is 10.6 Å². The maximum atomic E-state index is 11.5. The van der Waals surface area contributed by atoms with Crippen LogP contribution in [0.3, 0.4) is 0 Å². The van der Waals surface area contributed by atoms with Crippen LogP contribution in [-0.4, -0.2) is 25.0 Å². The first-order valence-electron chi connectivity index (χ1n) is 6.58. The molecule has 1 atom stereocenters. The normalized spacial score (nSPS) is 17.5. The third-order valence-corrected chi connectivity index (χ3v) is 3.04. The monoisotopic (exact) mass is 226 g/mol. The average molecular weight is 226 g/mol. The zero-order chi connectivity index (χ0) is 12.0. The predicted octanol–water partition coefficient (Wildman–Crippen LogP) is 1.93. The molecule has 0 bridgehead atoms. The highest BCUT2D eigenvalue weighted by molar-refractivity contribution is 5.77. The van der Waals surface area contributed by atoms with Crippen LogP contribution in [0.4, 0.5) is 0 Å². The molecular formula is C13H26N2O. The second-order valence-corrected chi connectivity index (χ2v) is 5.49. The second kappa shape index (κ2) is 6.89. The van der Waals surface area contributed by atoms with E-state index in [2.05, 4.69) is 31.4 Å². The van der Waals surface area contributed by atoms with Crippen LogP contribution in [0.15, 0.2) is 0 Å². The number of amides is 1. The third kappa shape index (κ3) is 6.83. The van der Waals surface area contributed by atoms with E-state index in [-0.39, 0.29) is 5.91 Å². The van der Waals surface area contributed by atoms with Gasteiger partial charge in [0.2, 0.25) is 5.91 Å². The molecule has 16 heavy (non-hydrogen) atoms. The Kier molecular flexibility index (Phi) is 5.81. The van der Waals surface area contributed by atoms with Gasteiger partial charge >= 0.3 is 0 Å². The molecule has 0 heterocycles. The number of carbonyl (C=O) groups excluding carboxylic acids is 1. The van der Waals surface area contributed by atoms with Crippen LogP contribution in [0, 0.1) is 11.8 Å². The Morgan fingerprint density at radius 1 is 1.31 bits per heavy atom. The molecule has 3 heteroatoms. The molecule has 94 valence electrons. The van der Waals surface area contributed by atoms with Gasteiger partial charge in [-0.25, -0.2) is 0 Å². The summed E-state index contributed by atoms with van der Waals surface area (Å²) in [6, 6.07) is 0.475. The van der Waals surface area contributed by atoms with Crippen molar-refractivity contribution in [3.05, 3.63) is 0 Å². The molecule has 0 aliphatic heterocycles. The van der Waals surface area contributed by atoms with E-state index in [0.717, 1.165) is 18.9 Å². The van der Waals surface area contributed by atoms with Crippen molar-refractivity contribution < 1.29 is 4.79 Å². The lowest BCUT2D eigenvalue weighted by Crippen LogP contribution is -2.38. The first-order chi connectivity index (χ1) is 7.58. The lowest BCUT2D eigenvalue weighted by Gasteiger charge is -2.13. The van der Waals surface area contributed by atoms with Crippen LogP contribution in [0.2, 0.25) is 0 Å². The fourth-order valence-corrected chi connectivity index (χ4v) is 1.77. The fraction of sp³-hybridized carbons (Fsp3) is 0.923. The van der Waals surface area contributed by atoms with Crippen molar-refractivity contribution in [1.82, 2.24) is 10.6 Å². The number of carbonyl (C=O) groups is 1. The Hall–Kier alpha value is -0.570. The molecule has 0 aromatic carbocycles. The van der Waals surface area contributed by atoms with Gasteiger partial charge in [-0.1, -0.05) is 26.7 Å². The molecule has 1 rings (SSSR count). The minimum atomic E-state index is 0.128. The molecule has 0 aromatic rings. The molecule has 0 radical (unpaired) electrons. The van der Waals surface area contributed by atoms with Crippen molar-refractivity contribution in [3.63, 3.8) is 0 Å². The SMILES string of the molecule is CC(C)CCNC(=O)CNC(C)CC1CC1. The summed E-state index contributed by atoms with van der Waals surface area (Å²) in [6.45, 7) is 7.77. The van der Waals surface area contributed by atoms with E-state index < -0.39 is 0 Å². The molecule has 1 saturated carbocycles. The highest BCUT2D eigenvalue weighted by Gasteiger charge is 2.23. The molecule has 0 spiro atoms. The van der Waals surface area contributed by atoms with Gasteiger partial charge in [0.15, 0.2) is 0 Å². The van der Waals surface area contributed by atoms with E-state index in [4.69, 9.17) is 0 Å². The highest BCUT2D eigenvalue weighted by Crippen LogP contribution is 2.33. The fourth-order valence-electron chi connectivity index (χ4n) is 1.77. The molecule has 3 nitrogen and oxygen atoms in total. The number of hydrogen-bond acceptors (Lipinski definition) is 2. The number of nitrogens with one attached hydrogen (secondary N) is 2. The summed E-state index contributed by atoms with van der Waals surface area (Å²) in [6.07, 6.45) is 5.04. The van der Waals surface area contributed by atoms with Crippen molar-refractivity contribution in [2.24, 2.45) is 11.8 Å². The summed E-state index contributed by atoms with van der Waals surface area (Å²) >= 11 is 0. The van der Waals surface area contributed by atoms with Gasteiger partial charge in [-0.15, -0.1) is 0 Å². The van der Waals surface area contributed by atoms with E-state index in [1.54, 1.807) is 0 Å². The number of rotatable bonds is 8. The van der Waals surface area contributed by atoms with Gasteiger partial charge in [0.05, 0.1) is 6.54 Å². The standard InChI is InChI=1S/C13H26N2O/c1-10(2)6-7-14-13(16)9-15-11(3)8-12-4-5-12/h10-12,15H,4-9H2,1-3H3,(H,14,16). The zero-order valence-electron chi connectivity index (χ0n) is 10.9. The molecule has 2 N–H and O–H groups in total. The lowest BCUT2D eigenvalue weighted by atomic mass is 10.1. The summed E-state index contributed by atoms with van der Waals surface area (Å²) in [5, 5.41) is 6.22. The summed E-state index contributed by atoms with van der Waals surface area (Å²) in [5.41, 5.74) is 0. The van der Waals surface area contributed by atoms with Gasteiger partial charge in [0, 0.05) is 12.6 Å². The van der Waals surface area contributed by atoms with Gasteiger partial charge in [-0.2, -0.15) is 0 Å². The molecule has 1 aliphatic carbocycles. The molecule has 0 aromatic heterocycles. The smallest absolute Gasteiger partial charge is 0.233 e. The molecule has 1 amide bonds. The maximum absolute atomic E-state index is 11.5. The second-order valence-electron chi connectivity index (χ2n) is 5.49. The van der Waals surface area contributed by atoms with Gasteiger partial charge in [0.1, 0.15) is 0 Å². The minimum absolute atomic E-state index is 0.128. The van der Waals surface area contributed by atoms with Gasteiger partial charge in [-0.3, -0.25) is 4.79 Å². The molecular weight excluding hydrogens is 200 g/mol. The first kappa shape index (κ1) is 13.5. The number of hydrogen-bond donors (Lipinski definition) is 2. The first-order valence-corrected chi connectivity index (χ1v) is 6.58. The van der Waals surface area contributed by atoms with E-state index in [9.17, 15) is 4.79 Å². The van der Waals surface area contributed by atoms with Crippen molar-refractivity contribution >= 4 is 5.91 Å². The van der Waals surface area contributed by atoms with Crippen molar-refractivity contribution in [2.45, 2.75) is 52.5 Å². The summed E-state index contributed by atoms with van der Waals surface area (Å²) in [4.78, 5) is 11.5. The van der Waals surface area contributed by atoms with E-state index >= 15 is 0 Å². The minimum Gasteiger partial charge on any atom is -0.355 e. The largest absolute Gasteiger partial charge is 0.355 e. The van der Waals surface area contributed by atoms with Crippen LogP contribution in [0.5, 0.6) is 0 Å². The summed E-state index contributed by atoms with van der Waals surface area (Å²) < 4.78 is 0. The average Bonchev–Trinajstić information content (AvgIpc) is 2.98. The molecule has 1 fully saturated rings. The highest BCUT2D eigenvalue weighted by atomic mass is 16.1. The van der Waals surface area contributed by atoms with Crippen LogP contribution in [-0.2, 0) is 4.79 Å². The topological polar surface area (TPSA) is 41.1 Å². The Morgan fingerprint density at radius 3 is 2.56 bits per heavy atom. The van der Waals surface area contributed by atoms with Crippen molar-refractivity contribution in [2.75, 3.05) is 13.1 Å². The van der Waals surface area contributed by atoms with Crippen LogP contribution in [0.1, 0.15) is 46.5 Å². The van der Waals surface area contributed by atoms with Crippen molar-refractivity contribution in [1.29, 1.82) is 0 Å². The van der Waals surface area contributed by atoms with Gasteiger partial charge in [0.25, 0.3) is 0 Å². The Bertz CT molecular complexity index is 212. The van der Waals surface area contributed by atoms with Crippen LogP contribution in [0.25, 0.3) is 0 Å². The van der Waals surface area contributed by atoms with Crippen LogP contribution < -0.4 is 10.6 Å². The Morgan fingerprint density at radius 2 is 2.00 bits per heavy atom. The lowest BCUT2D eigenvalue weighted by molar-refractivity contribution is -0.120. The van der Waals surface area contributed by atoms with E-state index in [1.165, 1.54) is 19.3 Å². The Balaban J connectivity index is 1.95. The van der Waals surface area contributed by atoms with E-state index in [1.807, 2.05) is 0 Å². The maximum Gasteiger partial charge on any atom is 0.233 e. The van der Waals surface area contributed by atoms with E-state index in [0.29, 0.717) is 18.5 Å².